The van der Waals surface area contributed by atoms with E-state index in [2.05, 4.69) is 32.8 Å². The van der Waals surface area contributed by atoms with Crippen molar-refractivity contribution in [3.63, 3.8) is 0 Å². The Labute approximate surface area is 173 Å². The average Bonchev–Trinajstić information content (AvgIpc) is 3.40. The van der Waals surface area contributed by atoms with E-state index < -0.39 is 0 Å². The number of nitrogens with zero attached hydrogens (tertiary/aromatic N) is 4. The number of benzene rings is 2. The molecule has 5 rings (SSSR count). The molecular formula is C21H13IN4O2. The minimum absolute atomic E-state index is 0.264. The molecule has 0 bridgehead atoms. The minimum Gasteiger partial charge on any atom is -0.458 e. The molecule has 0 saturated heterocycles. The molecule has 0 unspecified atom stereocenters. The SMILES string of the molecule is O=c1c(-c2ccnn2-c2ccccc2)nn(-c2ccc(I)cc2)c2ccoc12. The second kappa shape index (κ2) is 6.75. The highest BCUT2D eigenvalue weighted by Crippen LogP contribution is 2.23. The van der Waals surface area contributed by atoms with Gasteiger partial charge in [-0.25, -0.2) is 9.36 Å². The highest BCUT2D eigenvalue weighted by molar-refractivity contribution is 14.1. The average molecular weight is 480 g/mol. The van der Waals surface area contributed by atoms with Gasteiger partial charge < -0.3 is 4.42 Å². The molecule has 0 radical (unpaired) electrons. The summed E-state index contributed by atoms with van der Waals surface area (Å²) in [6.07, 6.45) is 3.17. The second-order valence-electron chi connectivity index (χ2n) is 6.16. The Morgan fingerprint density at radius 3 is 2.39 bits per heavy atom. The molecule has 0 atom stereocenters. The Morgan fingerprint density at radius 2 is 1.61 bits per heavy atom. The summed E-state index contributed by atoms with van der Waals surface area (Å²) in [5, 5.41) is 9.06. The van der Waals surface area contributed by atoms with Crippen molar-refractivity contribution in [1.29, 1.82) is 0 Å². The normalized spacial score (nSPS) is 11.2. The molecule has 0 saturated carbocycles. The molecule has 0 fully saturated rings. The van der Waals surface area contributed by atoms with Gasteiger partial charge in [0.05, 0.1) is 29.5 Å². The van der Waals surface area contributed by atoms with Gasteiger partial charge in [-0.1, -0.05) is 18.2 Å². The van der Waals surface area contributed by atoms with Crippen molar-refractivity contribution in [1.82, 2.24) is 19.6 Å². The predicted octanol–water partition coefficient (Wildman–Crippen LogP) is 4.44. The van der Waals surface area contributed by atoms with Crippen LogP contribution in [-0.2, 0) is 0 Å². The van der Waals surface area contributed by atoms with Gasteiger partial charge in [-0.05, 0) is 65.1 Å². The largest absolute Gasteiger partial charge is 0.458 e. The number of para-hydroxylation sites is 1. The van der Waals surface area contributed by atoms with E-state index in [1.165, 1.54) is 6.26 Å². The number of halogens is 1. The molecule has 0 spiro atoms. The Morgan fingerprint density at radius 1 is 0.857 bits per heavy atom. The van der Waals surface area contributed by atoms with Crippen molar-refractivity contribution in [2.45, 2.75) is 0 Å². The topological polar surface area (TPSA) is 65.8 Å². The van der Waals surface area contributed by atoms with Crippen molar-refractivity contribution in [3.8, 4) is 22.8 Å². The van der Waals surface area contributed by atoms with E-state index >= 15 is 0 Å². The third-order valence-electron chi connectivity index (χ3n) is 4.45. The maximum absolute atomic E-state index is 13.1. The third-order valence-corrected chi connectivity index (χ3v) is 5.17. The first-order valence-electron chi connectivity index (χ1n) is 8.59. The molecule has 5 aromatic rings. The highest BCUT2D eigenvalue weighted by Gasteiger charge is 2.19. The van der Waals surface area contributed by atoms with Crippen LogP contribution in [0.2, 0.25) is 0 Å². The van der Waals surface area contributed by atoms with Gasteiger partial charge in [0.15, 0.2) is 5.69 Å². The zero-order chi connectivity index (χ0) is 19.1. The molecule has 3 aromatic heterocycles. The molecule has 0 aliphatic heterocycles. The van der Waals surface area contributed by atoms with Crippen LogP contribution in [0, 0.1) is 3.57 Å². The Kier molecular flexibility index (Phi) is 4.09. The number of fused-ring (bicyclic) bond motifs is 1. The molecule has 3 heterocycles. The molecular weight excluding hydrogens is 467 g/mol. The lowest BCUT2D eigenvalue weighted by Crippen LogP contribution is -2.16. The van der Waals surface area contributed by atoms with E-state index in [9.17, 15) is 4.79 Å². The van der Waals surface area contributed by atoms with Gasteiger partial charge in [0, 0.05) is 9.64 Å². The lowest BCUT2D eigenvalue weighted by atomic mass is 10.2. The summed E-state index contributed by atoms with van der Waals surface area (Å²) in [7, 11) is 0. The van der Waals surface area contributed by atoms with Crippen molar-refractivity contribution in [3.05, 3.63) is 93.0 Å². The van der Waals surface area contributed by atoms with Crippen LogP contribution in [-0.4, -0.2) is 19.6 Å². The minimum atomic E-state index is -0.264. The van der Waals surface area contributed by atoms with Gasteiger partial charge >= 0.3 is 0 Å². The quantitative estimate of drug-likeness (QED) is 0.359. The first-order chi connectivity index (χ1) is 13.7. The number of aromatic nitrogens is 4. The van der Waals surface area contributed by atoms with Gasteiger partial charge in [-0.2, -0.15) is 10.2 Å². The maximum atomic E-state index is 13.1. The highest BCUT2D eigenvalue weighted by atomic mass is 127. The van der Waals surface area contributed by atoms with Crippen LogP contribution in [0.4, 0.5) is 0 Å². The number of furan rings is 1. The molecule has 0 aliphatic rings. The van der Waals surface area contributed by atoms with E-state index in [1.54, 1.807) is 27.7 Å². The lowest BCUT2D eigenvalue weighted by molar-refractivity contribution is 0.610. The zero-order valence-electron chi connectivity index (χ0n) is 14.5. The van der Waals surface area contributed by atoms with Gasteiger partial charge in [-0.3, -0.25) is 4.79 Å². The molecule has 136 valence electrons. The van der Waals surface area contributed by atoms with E-state index in [0.717, 1.165) is 14.9 Å². The summed E-state index contributed by atoms with van der Waals surface area (Å²) >= 11 is 2.25. The molecule has 6 nitrogen and oxygen atoms in total. The van der Waals surface area contributed by atoms with E-state index in [4.69, 9.17) is 4.42 Å². The smallest absolute Gasteiger partial charge is 0.252 e. The molecule has 0 aliphatic carbocycles. The number of hydrogen-bond donors (Lipinski definition) is 0. The van der Waals surface area contributed by atoms with Crippen LogP contribution in [0.15, 0.2) is 88.4 Å². The summed E-state index contributed by atoms with van der Waals surface area (Å²) < 4.78 is 10.1. The van der Waals surface area contributed by atoms with Gasteiger partial charge in [0.2, 0.25) is 5.58 Å². The fourth-order valence-corrected chi connectivity index (χ4v) is 3.51. The van der Waals surface area contributed by atoms with Crippen LogP contribution in [0.5, 0.6) is 0 Å². The molecule has 28 heavy (non-hydrogen) atoms. The maximum Gasteiger partial charge on any atom is 0.252 e. The third kappa shape index (κ3) is 2.75. The molecule has 7 heteroatoms. The van der Waals surface area contributed by atoms with Crippen molar-refractivity contribution in [2.24, 2.45) is 0 Å². The summed E-state index contributed by atoms with van der Waals surface area (Å²) in [6.45, 7) is 0. The number of hydrogen-bond acceptors (Lipinski definition) is 4. The van der Waals surface area contributed by atoms with Crippen LogP contribution < -0.4 is 5.43 Å². The van der Waals surface area contributed by atoms with Crippen LogP contribution in [0.3, 0.4) is 0 Å². The molecule has 0 N–H and O–H groups in total. The van der Waals surface area contributed by atoms with Gasteiger partial charge in [0.25, 0.3) is 5.43 Å². The fraction of sp³-hybridized carbons (Fsp3) is 0. The summed E-state index contributed by atoms with van der Waals surface area (Å²) in [5.41, 5.74) is 3.21. The van der Waals surface area contributed by atoms with Crippen LogP contribution >= 0.6 is 22.6 Å². The summed E-state index contributed by atoms with van der Waals surface area (Å²) in [5.74, 6) is 0. The van der Waals surface area contributed by atoms with E-state index in [1.807, 2.05) is 54.6 Å². The molecule has 2 aromatic carbocycles. The number of rotatable bonds is 3. The van der Waals surface area contributed by atoms with Gasteiger partial charge in [0.1, 0.15) is 5.52 Å². The van der Waals surface area contributed by atoms with E-state index in [0.29, 0.717) is 11.2 Å². The predicted molar refractivity (Wildman–Crippen MR) is 115 cm³/mol. The first-order valence-corrected chi connectivity index (χ1v) is 9.66. The fourth-order valence-electron chi connectivity index (χ4n) is 3.15. The first kappa shape index (κ1) is 16.9. The van der Waals surface area contributed by atoms with Crippen LogP contribution in [0.1, 0.15) is 0 Å². The van der Waals surface area contributed by atoms with Crippen LogP contribution in [0.25, 0.3) is 33.9 Å². The Bertz CT molecular complexity index is 1330. The Balaban J connectivity index is 1.79. The van der Waals surface area contributed by atoms with Crippen molar-refractivity contribution in [2.75, 3.05) is 0 Å². The van der Waals surface area contributed by atoms with Crippen molar-refractivity contribution >= 4 is 33.7 Å². The van der Waals surface area contributed by atoms with Crippen molar-refractivity contribution < 1.29 is 4.42 Å². The monoisotopic (exact) mass is 480 g/mol. The summed E-state index contributed by atoms with van der Waals surface area (Å²) in [4.78, 5) is 13.1. The molecule has 0 amide bonds. The summed E-state index contributed by atoms with van der Waals surface area (Å²) in [6, 6.07) is 21.1. The van der Waals surface area contributed by atoms with E-state index in [-0.39, 0.29) is 16.7 Å². The Hall–Kier alpha value is -3.20. The van der Waals surface area contributed by atoms with Gasteiger partial charge in [-0.15, -0.1) is 0 Å². The lowest BCUT2D eigenvalue weighted by Gasteiger charge is -2.11. The second-order valence-corrected chi connectivity index (χ2v) is 7.41. The zero-order valence-corrected chi connectivity index (χ0v) is 16.6. The standard InChI is InChI=1S/C21H13IN4O2/c22-14-6-8-16(9-7-14)26-18-11-13-28-21(18)20(27)19(24-26)17-10-12-23-25(17)15-4-2-1-3-5-15/h1-13H.